The van der Waals surface area contributed by atoms with Crippen molar-refractivity contribution in [2.45, 2.75) is 12.1 Å². The van der Waals surface area contributed by atoms with Crippen LogP contribution >= 0.6 is 7.92 Å². The van der Waals surface area contributed by atoms with Crippen LogP contribution in [0.1, 0.15) is 23.3 Å². The van der Waals surface area contributed by atoms with Gasteiger partial charge in [0.1, 0.15) is 6.04 Å². The summed E-state index contributed by atoms with van der Waals surface area (Å²) < 4.78 is 6.72. The number of aliphatic imine (C=N–C) groups is 1. The Balaban J connectivity index is 1.39. The molecule has 0 spiro atoms. The maximum absolute atomic E-state index is 6.72. The molecular weight excluding hydrogens is 445 g/mol. The van der Waals surface area contributed by atoms with Crippen molar-refractivity contribution in [2.75, 3.05) is 0 Å². The SMILES string of the molecule is C1=CC(C2=N[C@@H](c3ccccc3)[C@H](c3ccccc3)O2)C(P(c2ccccc2)c2ccccc2)=C1. The topological polar surface area (TPSA) is 21.6 Å². The monoisotopic (exact) mass is 471 g/mol. The second-order valence-electron chi connectivity index (χ2n) is 8.73. The minimum absolute atomic E-state index is 0.0291. The van der Waals surface area contributed by atoms with Gasteiger partial charge < -0.3 is 4.74 Å². The van der Waals surface area contributed by atoms with E-state index in [2.05, 4.69) is 133 Å². The van der Waals surface area contributed by atoms with E-state index in [-0.39, 0.29) is 18.1 Å². The van der Waals surface area contributed by atoms with Gasteiger partial charge in [0.15, 0.2) is 12.0 Å². The van der Waals surface area contributed by atoms with E-state index in [4.69, 9.17) is 9.73 Å². The number of rotatable bonds is 6. The number of allylic oxidation sites excluding steroid dienone is 2. The lowest BCUT2D eigenvalue weighted by atomic mass is 9.97. The Labute approximate surface area is 208 Å². The molecule has 35 heavy (non-hydrogen) atoms. The van der Waals surface area contributed by atoms with Crippen molar-refractivity contribution in [3.63, 3.8) is 0 Å². The molecule has 0 radical (unpaired) electrons. The molecule has 1 aliphatic heterocycles. The zero-order valence-electron chi connectivity index (χ0n) is 19.3. The molecule has 1 aliphatic carbocycles. The van der Waals surface area contributed by atoms with E-state index in [0.717, 1.165) is 11.5 Å². The van der Waals surface area contributed by atoms with Crippen LogP contribution in [0, 0.1) is 5.92 Å². The number of nitrogens with zero attached hydrogens (tertiary/aromatic N) is 1. The van der Waals surface area contributed by atoms with Crippen LogP contribution in [0.2, 0.25) is 0 Å². The van der Waals surface area contributed by atoms with Crippen molar-refractivity contribution in [3.8, 4) is 0 Å². The molecule has 1 unspecified atom stereocenters. The largest absolute Gasteiger partial charge is 0.469 e. The first kappa shape index (κ1) is 21.8. The van der Waals surface area contributed by atoms with Gasteiger partial charge in [-0.1, -0.05) is 140 Å². The summed E-state index contributed by atoms with van der Waals surface area (Å²) in [6, 6.07) is 42.6. The summed E-state index contributed by atoms with van der Waals surface area (Å²) in [7, 11) is -0.707. The summed E-state index contributed by atoms with van der Waals surface area (Å²) in [5, 5.41) is 4.04. The summed E-state index contributed by atoms with van der Waals surface area (Å²) in [6.07, 6.45) is 6.55. The van der Waals surface area contributed by atoms with Crippen molar-refractivity contribution in [3.05, 3.63) is 156 Å². The molecule has 1 heterocycles. The molecule has 170 valence electrons. The van der Waals surface area contributed by atoms with E-state index in [1.54, 1.807) is 0 Å². The molecule has 0 aromatic heterocycles. The molecule has 0 saturated carbocycles. The van der Waals surface area contributed by atoms with Crippen LogP contribution < -0.4 is 10.6 Å². The Bertz CT molecular complexity index is 1330. The van der Waals surface area contributed by atoms with E-state index in [9.17, 15) is 0 Å². The van der Waals surface area contributed by atoms with Crippen LogP contribution in [0.5, 0.6) is 0 Å². The van der Waals surface area contributed by atoms with Gasteiger partial charge in [0.05, 0.1) is 5.92 Å². The Morgan fingerprint density at radius 1 is 0.600 bits per heavy atom. The van der Waals surface area contributed by atoms with Crippen LogP contribution in [-0.2, 0) is 4.74 Å². The van der Waals surface area contributed by atoms with Crippen molar-refractivity contribution in [1.82, 2.24) is 0 Å². The predicted octanol–water partition coefficient (Wildman–Crippen LogP) is 7.10. The molecule has 2 nitrogen and oxygen atoms in total. The van der Waals surface area contributed by atoms with E-state index in [0.29, 0.717) is 0 Å². The lowest BCUT2D eigenvalue weighted by molar-refractivity contribution is 0.190. The zero-order valence-corrected chi connectivity index (χ0v) is 20.2. The predicted molar refractivity (Wildman–Crippen MR) is 147 cm³/mol. The van der Waals surface area contributed by atoms with Gasteiger partial charge in [-0.15, -0.1) is 0 Å². The van der Waals surface area contributed by atoms with Gasteiger partial charge in [0.25, 0.3) is 0 Å². The fourth-order valence-electron chi connectivity index (χ4n) is 4.87. The van der Waals surface area contributed by atoms with E-state index in [1.807, 2.05) is 6.07 Å². The van der Waals surface area contributed by atoms with E-state index >= 15 is 0 Å². The lowest BCUT2D eigenvalue weighted by Gasteiger charge is -2.25. The van der Waals surface area contributed by atoms with Crippen LogP contribution in [0.3, 0.4) is 0 Å². The first-order valence-electron chi connectivity index (χ1n) is 12.0. The number of hydrogen-bond acceptors (Lipinski definition) is 2. The fourth-order valence-corrected chi connectivity index (χ4v) is 7.41. The maximum atomic E-state index is 6.72. The molecule has 0 saturated heterocycles. The summed E-state index contributed by atoms with van der Waals surface area (Å²) in [5.41, 5.74) is 2.33. The average molecular weight is 472 g/mol. The number of ether oxygens (including phenoxy) is 1. The Morgan fingerprint density at radius 2 is 1.11 bits per heavy atom. The molecule has 0 bridgehead atoms. The normalized spacial score (nSPS) is 21.0. The van der Waals surface area contributed by atoms with Gasteiger partial charge in [-0.3, -0.25) is 0 Å². The molecule has 0 N–H and O–H groups in total. The molecule has 0 amide bonds. The second kappa shape index (κ2) is 9.86. The second-order valence-corrected chi connectivity index (χ2v) is 11.0. The Kier molecular flexibility index (Phi) is 6.13. The molecule has 3 atom stereocenters. The highest BCUT2D eigenvalue weighted by molar-refractivity contribution is 7.76. The fraction of sp³-hybridized carbons (Fsp3) is 0.0938. The smallest absolute Gasteiger partial charge is 0.196 e. The lowest BCUT2D eigenvalue weighted by Crippen LogP contribution is -2.20. The van der Waals surface area contributed by atoms with Crippen LogP contribution in [-0.4, -0.2) is 5.90 Å². The van der Waals surface area contributed by atoms with Gasteiger partial charge in [0.2, 0.25) is 0 Å². The standard InChI is InChI=1S/C32H26NOP/c1-5-14-24(15-6-1)30-31(25-16-7-2-8-17-25)34-32(33-30)28-22-13-23-29(28)35(26-18-9-3-10-19-26)27-20-11-4-12-21-27/h1-23,28,30-31H/t28?,30-,31-/m0/s1. The zero-order chi connectivity index (χ0) is 23.5. The van der Waals surface area contributed by atoms with Gasteiger partial charge >= 0.3 is 0 Å². The highest BCUT2D eigenvalue weighted by atomic mass is 31.1. The van der Waals surface area contributed by atoms with Gasteiger partial charge in [-0.2, -0.15) is 0 Å². The van der Waals surface area contributed by atoms with Crippen molar-refractivity contribution >= 4 is 24.4 Å². The Hall–Kier alpha value is -3.74. The van der Waals surface area contributed by atoms with Crippen molar-refractivity contribution in [2.24, 2.45) is 10.9 Å². The van der Waals surface area contributed by atoms with E-state index < -0.39 is 7.92 Å². The first-order chi connectivity index (χ1) is 17.4. The third-order valence-electron chi connectivity index (χ3n) is 6.51. The van der Waals surface area contributed by atoms with Crippen LogP contribution in [0.15, 0.2) is 150 Å². The molecule has 6 rings (SSSR count). The molecular formula is C32H26NOP. The third kappa shape index (κ3) is 4.38. The van der Waals surface area contributed by atoms with Crippen molar-refractivity contribution in [1.29, 1.82) is 0 Å². The summed E-state index contributed by atoms with van der Waals surface area (Å²) in [5.74, 6) is 0.841. The molecule has 0 fully saturated rings. The Morgan fingerprint density at radius 3 is 1.69 bits per heavy atom. The maximum Gasteiger partial charge on any atom is 0.196 e. The average Bonchev–Trinajstić information content (AvgIpc) is 3.59. The first-order valence-corrected chi connectivity index (χ1v) is 13.4. The highest BCUT2D eigenvalue weighted by Gasteiger charge is 2.39. The molecule has 3 heteroatoms. The quantitative estimate of drug-likeness (QED) is 0.275. The highest BCUT2D eigenvalue weighted by Crippen LogP contribution is 2.51. The van der Waals surface area contributed by atoms with Gasteiger partial charge in [-0.25, -0.2) is 4.99 Å². The number of hydrogen-bond donors (Lipinski definition) is 0. The summed E-state index contributed by atoms with van der Waals surface area (Å²) >= 11 is 0. The van der Waals surface area contributed by atoms with Crippen LogP contribution in [0.25, 0.3) is 0 Å². The summed E-state index contributed by atoms with van der Waals surface area (Å²) in [4.78, 5) is 5.23. The molecule has 4 aromatic carbocycles. The van der Waals surface area contributed by atoms with E-state index in [1.165, 1.54) is 21.5 Å². The molecule has 2 aliphatic rings. The van der Waals surface area contributed by atoms with Gasteiger partial charge in [-0.05, 0) is 35.0 Å². The van der Waals surface area contributed by atoms with Crippen LogP contribution in [0.4, 0.5) is 0 Å². The molecule has 4 aromatic rings. The minimum Gasteiger partial charge on any atom is -0.469 e. The van der Waals surface area contributed by atoms with Gasteiger partial charge in [0, 0.05) is 0 Å². The third-order valence-corrected chi connectivity index (χ3v) is 9.08. The minimum atomic E-state index is -0.707. The summed E-state index contributed by atoms with van der Waals surface area (Å²) in [6.45, 7) is 0. The van der Waals surface area contributed by atoms with Crippen molar-refractivity contribution < 1.29 is 4.74 Å². The number of benzene rings is 4.